The number of ether oxygens (including phenoxy) is 1. The lowest BCUT2D eigenvalue weighted by Gasteiger charge is -2.16. The van der Waals surface area contributed by atoms with Crippen LogP contribution >= 0.6 is 11.3 Å². The van der Waals surface area contributed by atoms with Crippen molar-refractivity contribution in [3.63, 3.8) is 0 Å². The van der Waals surface area contributed by atoms with E-state index in [1.165, 1.54) is 25.1 Å². The zero-order valence-corrected chi connectivity index (χ0v) is 17.6. The summed E-state index contributed by atoms with van der Waals surface area (Å²) in [7, 11) is 0. The van der Waals surface area contributed by atoms with Gasteiger partial charge in [0.15, 0.2) is 11.6 Å². The Morgan fingerprint density at radius 2 is 1.91 bits per heavy atom. The summed E-state index contributed by atoms with van der Waals surface area (Å²) >= 11 is 1.01. The Balaban J connectivity index is 2.00. The van der Waals surface area contributed by atoms with Gasteiger partial charge >= 0.3 is 17.9 Å². The number of nitrogens with one attached hydrogen (secondary N) is 2. The average molecular weight is 465 g/mol. The van der Waals surface area contributed by atoms with Gasteiger partial charge in [-0.05, 0) is 36.8 Å². The molecular weight excluding hydrogens is 445 g/mol. The minimum Gasteiger partial charge on any atom is -0.481 e. The molecule has 0 saturated carbocycles. The van der Waals surface area contributed by atoms with E-state index >= 15 is 0 Å². The maximum atomic E-state index is 14.0. The van der Waals surface area contributed by atoms with Crippen LogP contribution in [0.5, 0.6) is 5.75 Å². The number of halogens is 1. The van der Waals surface area contributed by atoms with Gasteiger partial charge in [-0.15, -0.1) is 11.3 Å². The Bertz CT molecular complexity index is 1070. The van der Waals surface area contributed by atoms with Crippen LogP contribution in [-0.4, -0.2) is 45.9 Å². The van der Waals surface area contributed by atoms with Crippen molar-refractivity contribution in [1.82, 2.24) is 5.32 Å². The Labute approximate surface area is 185 Å². The number of rotatable bonds is 10. The fourth-order valence-electron chi connectivity index (χ4n) is 2.58. The molecule has 0 fully saturated rings. The van der Waals surface area contributed by atoms with Gasteiger partial charge < -0.3 is 26.0 Å². The molecular formula is C20H20FN3O7S. The fraction of sp³-hybridized carbons (Fsp3) is 0.250. The number of carbonyl (C=O) groups is 4. The van der Waals surface area contributed by atoms with Crippen LogP contribution in [0.25, 0.3) is 0 Å². The molecule has 0 radical (unpaired) electrons. The number of carboxylic acid groups (broad SMARTS) is 2. The van der Waals surface area contributed by atoms with Crippen molar-refractivity contribution >= 4 is 41.0 Å². The quantitative estimate of drug-likeness (QED) is 0.152. The molecule has 10 nitrogen and oxygen atoms in total. The Morgan fingerprint density at radius 1 is 1.22 bits per heavy atom. The molecule has 1 aromatic carbocycles. The maximum Gasteiger partial charge on any atom is 0.353 e. The highest BCUT2D eigenvalue weighted by molar-refractivity contribution is 7.13. The van der Waals surface area contributed by atoms with Crippen LogP contribution in [0.4, 0.5) is 4.39 Å². The first-order valence-corrected chi connectivity index (χ1v) is 9.99. The highest BCUT2D eigenvalue weighted by Gasteiger charge is 2.26. The molecule has 0 aliphatic rings. The topological polar surface area (TPSA) is 180 Å². The van der Waals surface area contributed by atoms with Gasteiger partial charge in [-0.25, -0.2) is 14.0 Å². The molecule has 0 aliphatic heterocycles. The van der Waals surface area contributed by atoms with Gasteiger partial charge in [0.2, 0.25) is 5.91 Å². The third kappa shape index (κ3) is 6.60. The van der Waals surface area contributed by atoms with Crippen molar-refractivity contribution in [2.24, 2.45) is 11.7 Å². The van der Waals surface area contributed by atoms with Crippen molar-refractivity contribution in [2.45, 2.75) is 25.8 Å². The first-order valence-electron chi connectivity index (χ1n) is 9.17. The number of amidine groups is 1. The molecule has 170 valence electrons. The molecule has 1 amide bonds. The summed E-state index contributed by atoms with van der Waals surface area (Å²) < 4.78 is 19.1. The van der Waals surface area contributed by atoms with E-state index in [4.69, 9.17) is 26.1 Å². The van der Waals surface area contributed by atoms with Gasteiger partial charge in [0, 0.05) is 16.4 Å². The normalized spacial score (nSPS) is 12.4. The average Bonchev–Trinajstić information content (AvgIpc) is 3.16. The predicted octanol–water partition coefficient (Wildman–Crippen LogP) is 1.61. The van der Waals surface area contributed by atoms with Crippen LogP contribution in [0.2, 0.25) is 0 Å². The zero-order valence-electron chi connectivity index (χ0n) is 16.8. The summed E-state index contributed by atoms with van der Waals surface area (Å²) in [5.74, 6) is -6.52. The molecule has 0 aliphatic carbocycles. The van der Waals surface area contributed by atoms with Crippen molar-refractivity contribution in [1.29, 1.82) is 5.41 Å². The highest BCUT2D eigenvalue weighted by Crippen LogP contribution is 2.24. The smallest absolute Gasteiger partial charge is 0.353 e. The first-order chi connectivity index (χ1) is 15.0. The molecule has 2 rings (SSSR count). The number of benzene rings is 1. The number of nitrogens with two attached hydrogens (primary N) is 1. The summed E-state index contributed by atoms with van der Waals surface area (Å²) in [6.45, 7) is 1.53. The van der Waals surface area contributed by atoms with Gasteiger partial charge in [-0.3, -0.25) is 15.0 Å². The second-order valence-corrected chi connectivity index (χ2v) is 7.99. The van der Waals surface area contributed by atoms with E-state index in [0.717, 1.165) is 17.4 Å². The summed E-state index contributed by atoms with van der Waals surface area (Å²) in [5, 5.41) is 27.2. The number of aliphatic carboxylic acids is 2. The zero-order chi connectivity index (χ0) is 24.0. The number of thiophene rings is 1. The number of hydrogen-bond acceptors (Lipinski definition) is 7. The van der Waals surface area contributed by atoms with Crippen molar-refractivity contribution < 1.29 is 38.5 Å². The predicted molar refractivity (Wildman–Crippen MR) is 111 cm³/mol. The van der Waals surface area contributed by atoms with E-state index in [0.29, 0.717) is 4.88 Å². The number of nitrogen functional groups attached to an aromatic ring is 1. The Morgan fingerprint density at radius 3 is 2.47 bits per heavy atom. The van der Waals surface area contributed by atoms with E-state index in [1.54, 1.807) is 6.07 Å². The lowest BCUT2D eigenvalue weighted by molar-refractivity contribution is -0.147. The molecule has 2 aromatic rings. The highest BCUT2D eigenvalue weighted by atomic mass is 32.1. The Kier molecular flexibility index (Phi) is 8.02. The summed E-state index contributed by atoms with van der Waals surface area (Å²) in [6.07, 6.45) is -0.600. The van der Waals surface area contributed by atoms with E-state index in [-0.39, 0.29) is 28.4 Å². The third-order valence-electron chi connectivity index (χ3n) is 4.26. The van der Waals surface area contributed by atoms with Crippen LogP contribution in [0, 0.1) is 17.1 Å². The number of hydrogen-bond donors (Lipinski definition) is 5. The summed E-state index contributed by atoms with van der Waals surface area (Å²) in [5.41, 5.74) is 5.42. The molecule has 1 heterocycles. The Hall–Kier alpha value is -3.80. The van der Waals surface area contributed by atoms with Crippen LogP contribution in [-0.2, 0) is 20.8 Å². The minimum absolute atomic E-state index is 0.140. The van der Waals surface area contributed by atoms with Crippen LogP contribution in [0.1, 0.15) is 33.5 Å². The second kappa shape index (κ2) is 10.5. The molecule has 0 bridgehead atoms. The lowest BCUT2D eigenvalue weighted by atomic mass is 10.0. The molecule has 1 aromatic heterocycles. The summed E-state index contributed by atoms with van der Waals surface area (Å²) in [4.78, 5) is 47.1. The third-order valence-corrected chi connectivity index (χ3v) is 5.34. The number of amides is 1. The van der Waals surface area contributed by atoms with Crippen LogP contribution in [0.15, 0.2) is 30.3 Å². The lowest BCUT2D eigenvalue weighted by Crippen LogP contribution is -2.44. The van der Waals surface area contributed by atoms with E-state index in [9.17, 15) is 23.6 Å². The second-order valence-electron chi connectivity index (χ2n) is 6.82. The fourth-order valence-corrected chi connectivity index (χ4v) is 3.59. The first kappa shape index (κ1) is 24.5. The van der Waals surface area contributed by atoms with Crippen molar-refractivity contribution in [2.75, 3.05) is 0 Å². The van der Waals surface area contributed by atoms with Gasteiger partial charge in [-0.2, -0.15) is 0 Å². The number of carboxylic acids is 2. The van der Waals surface area contributed by atoms with Crippen LogP contribution < -0.4 is 15.8 Å². The van der Waals surface area contributed by atoms with E-state index < -0.39 is 48.0 Å². The maximum absolute atomic E-state index is 14.0. The molecule has 0 saturated heterocycles. The molecule has 32 heavy (non-hydrogen) atoms. The van der Waals surface area contributed by atoms with E-state index in [1.807, 2.05) is 0 Å². The number of carbonyl (C=O) groups excluding carboxylic acids is 2. The van der Waals surface area contributed by atoms with E-state index in [2.05, 4.69) is 5.32 Å². The van der Waals surface area contributed by atoms with Crippen molar-refractivity contribution in [3.8, 4) is 5.75 Å². The molecule has 2 atom stereocenters. The van der Waals surface area contributed by atoms with Crippen LogP contribution in [0.3, 0.4) is 0 Å². The molecule has 1 unspecified atom stereocenters. The van der Waals surface area contributed by atoms with Gasteiger partial charge in [0.05, 0.1) is 6.42 Å². The monoisotopic (exact) mass is 465 g/mol. The SMILES string of the molecule is CC(Cc1ccc(C(=O)Oc2ccc(C(=N)N)cc2F)s1)C(=O)N[C@H](CC(=O)O)C(=O)O. The number of esters is 1. The van der Waals surface area contributed by atoms with Gasteiger partial charge in [0.25, 0.3) is 0 Å². The van der Waals surface area contributed by atoms with Gasteiger partial charge in [-0.1, -0.05) is 6.92 Å². The molecule has 6 N–H and O–H groups in total. The molecule has 12 heteroatoms. The molecule has 0 spiro atoms. The standard InChI is InChI=1S/C20H20FN3O7S/c1-9(18(27)24-13(19(28)29)8-16(25)26)6-11-3-5-15(32-11)20(30)31-14-4-2-10(17(22)23)7-12(14)21/h2-5,7,9,13H,6,8H2,1H3,(H3,22,23)(H,24,27)(H,25,26)(H,28,29)/t9?,13-/m1/s1. The van der Waals surface area contributed by atoms with Crippen molar-refractivity contribution in [3.05, 3.63) is 51.5 Å². The van der Waals surface area contributed by atoms with Gasteiger partial charge in [0.1, 0.15) is 16.8 Å². The summed E-state index contributed by atoms with van der Waals surface area (Å²) in [6, 6.07) is 4.95. The minimum atomic E-state index is -1.55. The largest absolute Gasteiger partial charge is 0.481 e.